The number of anilines is 1. The summed E-state index contributed by atoms with van der Waals surface area (Å²) in [6, 6.07) is 19.9. The highest BCUT2D eigenvalue weighted by molar-refractivity contribution is 7.92. The van der Waals surface area contributed by atoms with Crippen LogP contribution in [-0.4, -0.2) is 43.8 Å². The third-order valence-electron chi connectivity index (χ3n) is 5.59. The van der Waals surface area contributed by atoms with Gasteiger partial charge in [-0.2, -0.15) is 0 Å². The third-order valence-corrected chi connectivity index (χ3v) is 7.88. The molecule has 196 valence electrons. The van der Waals surface area contributed by atoms with Gasteiger partial charge in [-0.3, -0.25) is 13.9 Å². The molecule has 1 N–H and O–H groups in total. The normalized spacial score (nSPS) is 12.2. The standard InChI is InChI=1S/C27H29Cl2N3O4S/c1-19(2)30-27(34)20(3)31(17-21-9-11-22(28)12-10-21)26(33)18-32(24-15-13-23(29)14-16-24)37(35,36)25-7-5-4-6-8-25/h4-16,19-20H,17-18H2,1-3H3,(H,30,34)/t20-/m0/s1. The number of hydrogen-bond donors (Lipinski definition) is 1. The highest BCUT2D eigenvalue weighted by atomic mass is 35.5. The largest absolute Gasteiger partial charge is 0.352 e. The van der Waals surface area contributed by atoms with Crippen LogP contribution in [0.2, 0.25) is 10.0 Å². The SMILES string of the molecule is CC(C)NC(=O)[C@H](C)N(Cc1ccc(Cl)cc1)C(=O)CN(c1ccc(Cl)cc1)S(=O)(=O)c1ccccc1. The maximum atomic E-state index is 13.8. The summed E-state index contributed by atoms with van der Waals surface area (Å²) in [6.07, 6.45) is 0. The van der Waals surface area contributed by atoms with Crippen molar-refractivity contribution in [3.05, 3.63) is 94.5 Å². The third kappa shape index (κ3) is 7.47. The maximum Gasteiger partial charge on any atom is 0.264 e. The number of carbonyl (C=O) groups is 2. The molecular formula is C27H29Cl2N3O4S. The molecule has 37 heavy (non-hydrogen) atoms. The van der Waals surface area contributed by atoms with Gasteiger partial charge < -0.3 is 10.2 Å². The Hall–Kier alpha value is -3.07. The molecule has 7 nitrogen and oxygen atoms in total. The maximum absolute atomic E-state index is 13.8. The van der Waals surface area contributed by atoms with E-state index in [2.05, 4.69) is 5.32 Å². The van der Waals surface area contributed by atoms with Crippen LogP contribution in [0.4, 0.5) is 5.69 Å². The van der Waals surface area contributed by atoms with Gasteiger partial charge >= 0.3 is 0 Å². The number of nitrogens with zero attached hydrogens (tertiary/aromatic N) is 2. The fourth-order valence-corrected chi connectivity index (χ4v) is 5.32. The number of amides is 2. The second-order valence-corrected chi connectivity index (χ2v) is 11.5. The number of nitrogens with one attached hydrogen (secondary N) is 1. The van der Waals surface area contributed by atoms with E-state index in [1.165, 1.54) is 29.2 Å². The Bertz CT molecular complexity index is 1320. The average Bonchev–Trinajstić information content (AvgIpc) is 2.87. The van der Waals surface area contributed by atoms with Crippen molar-refractivity contribution in [3.8, 4) is 0 Å². The minimum absolute atomic E-state index is 0.0348. The minimum Gasteiger partial charge on any atom is -0.352 e. The quantitative estimate of drug-likeness (QED) is 0.371. The number of hydrogen-bond acceptors (Lipinski definition) is 4. The monoisotopic (exact) mass is 561 g/mol. The molecule has 0 heterocycles. The van der Waals surface area contributed by atoms with Gasteiger partial charge in [0, 0.05) is 22.6 Å². The van der Waals surface area contributed by atoms with Crippen molar-refractivity contribution in [1.29, 1.82) is 0 Å². The molecule has 3 aromatic rings. The lowest BCUT2D eigenvalue weighted by Crippen LogP contribution is -2.52. The van der Waals surface area contributed by atoms with Crippen molar-refractivity contribution >= 4 is 50.7 Å². The van der Waals surface area contributed by atoms with Crippen LogP contribution in [0.5, 0.6) is 0 Å². The van der Waals surface area contributed by atoms with Crippen LogP contribution < -0.4 is 9.62 Å². The topological polar surface area (TPSA) is 86.8 Å². The van der Waals surface area contributed by atoms with E-state index in [4.69, 9.17) is 23.2 Å². The van der Waals surface area contributed by atoms with Gasteiger partial charge in [0.2, 0.25) is 11.8 Å². The lowest BCUT2D eigenvalue weighted by Gasteiger charge is -2.32. The van der Waals surface area contributed by atoms with Gasteiger partial charge in [0.25, 0.3) is 10.0 Å². The van der Waals surface area contributed by atoms with Crippen LogP contribution in [0, 0.1) is 0 Å². The fraction of sp³-hybridized carbons (Fsp3) is 0.259. The molecule has 0 spiro atoms. The van der Waals surface area contributed by atoms with Crippen LogP contribution in [-0.2, 0) is 26.2 Å². The van der Waals surface area contributed by atoms with Gasteiger partial charge in [0.1, 0.15) is 12.6 Å². The second-order valence-electron chi connectivity index (χ2n) is 8.79. The van der Waals surface area contributed by atoms with E-state index in [0.29, 0.717) is 10.0 Å². The molecule has 0 aliphatic carbocycles. The van der Waals surface area contributed by atoms with E-state index in [0.717, 1.165) is 9.87 Å². The van der Waals surface area contributed by atoms with Crippen molar-refractivity contribution in [1.82, 2.24) is 10.2 Å². The first-order valence-corrected chi connectivity index (χ1v) is 13.9. The minimum atomic E-state index is -4.11. The van der Waals surface area contributed by atoms with Crippen molar-refractivity contribution < 1.29 is 18.0 Å². The molecule has 2 amide bonds. The number of carbonyl (C=O) groups excluding carboxylic acids is 2. The average molecular weight is 563 g/mol. The second kappa shape index (κ2) is 12.4. The van der Waals surface area contributed by atoms with Crippen LogP contribution >= 0.6 is 23.2 Å². The molecule has 3 rings (SSSR count). The van der Waals surface area contributed by atoms with Crippen molar-refractivity contribution in [3.63, 3.8) is 0 Å². The number of halogens is 2. The zero-order valence-corrected chi connectivity index (χ0v) is 23.1. The summed E-state index contributed by atoms with van der Waals surface area (Å²) in [7, 11) is -4.11. The summed E-state index contributed by atoms with van der Waals surface area (Å²) >= 11 is 12.0. The molecule has 0 fully saturated rings. The summed E-state index contributed by atoms with van der Waals surface area (Å²) in [4.78, 5) is 28.0. The zero-order chi connectivity index (χ0) is 27.2. The Balaban J connectivity index is 2.00. The first kappa shape index (κ1) is 28.5. The summed E-state index contributed by atoms with van der Waals surface area (Å²) < 4.78 is 28.3. The van der Waals surface area contributed by atoms with Crippen molar-refractivity contribution in [2.45, 2.75) is 44.3 Å². The molecule has 0 saturated carbocycles. The number of rotatable bonds is 10. The molecule has 1 atom stereocenters. The molecule has 0 saturated heterocycles. The van der Waals surface area contributed by atoms with Gasteiger partial charge in [-0.05, 0) is 74.9 Å². The molecule has 0 unspecified atom stereocenters. The number of benzene rings is 3. The first-order valence-electron chi connectivity index (χ1n) is 11.7. The molecule has 0 bridgehead atoms. The lowest BCUT2D eigenvalue weighted by atomic mass is 10.1. The Kier molecular flexibility index (Phi) is 9.59. The van der Waals surface area contributed by atoms with Gasteiger partial charge in [0.15, 0.2) is 0 Å². The Morgan fingerprint density at radius 3 is 1.92 bits per heavy atom. The van der Waals surface area contributed by atoms with E-state index >= 15 is 0 Å². The lowest BCUT2D eigenvalue weighted by molar-refractivity contribution is -0.139. The number of sulfonamides is 1. The van der Waals surface area contributed by atoms with E-state index in [-0.39, 0.29) is 29.1 Å². The predicted octanol–water partition coefficient (Wildman–Crippen LogP) is 5.13. The smallest absolute Gasteiger partial charge is 0.264 e. The summed E-state index contributed by atoms with van der Waals surface area (Å²) in [6.45, 7) is 4.83. The van der Waals surface area contributed by atoms with Crippen LogP contribution in [0.1, 0.15) is 26.3 Å². The summed E-state index contributed by atoms with van der Waals surface area (Å²) in [5.74, 6) is -0.892. The van der Waals surface area contributed by atoms with Crippen LogP contribution in [0.15, 0.2) is 83.8 Å². The van der Waals surface area contributed by atoms with E-state index in [1.54, 1.807) is 61.5 Å². The van der Waals surface area contributed by atoms with E-state index < -0.39 is 28.5 Å². The van der Waals surface area contributed by atoms with Gasteiger partial charge in [-0.25, -0.2) is 8.42 Å². The van der Waals surface area contributed by atoms with Gasteiger partial charge in [-0.15, -0.1) is 0 Å². The molecule has 0 aliphatic rings. The summed E-state index contributed by atoms with van der Waals surface area (Å²) in [5, 5.41) is 3.78. The molecule has 3 aromatic carbocycles. The van der Waals surface area contributed by atoms with Crippen LogP contribution in [0.25, 0.3) is 0 Å². The molecule has 10 heteroatoms. The zero-order valence-electron chi connectivity index (χ0n) is 20.8. The van der Waals surface area contributed by atoms with Crippen molar-refractivity contribution in [2.24, 2.45) is 0 Å². The van der Waals surface area contributed by atoms with E-state index in [1.807, 2.05) is 13.8 Å². The Morgan fingerprint density at radius 1 is 0.838 bits per heavy atom. The Morgan fingerprint density at radius 2 is 1.38 bits per heavy atom. The first-order chi connectivity index (χ1) is 17.5. The fourth-order valence-electron chi connectivity index (χ4n) is 3.63. The van der Waals surface area contributed by atoms with Gasteiger partial charge in [-0.1, -0.05) is 53.5 Å². The molecular weight excluding hydrogens is 533 g/mol. The van der Waals surface area contributed by atoms with Crippen LogP contribution in [0.3, 0.4) is 0 Å². The highest BCUT2D eigenvalue weighted by Gasteiger charge is 2.32. The van der Waals surface area contributed by atoms with Crippen molar-refractivity contribution in [2.75, 3.05) is 10.8 Å². The molecule has 0 aliphatic heterocycles. The van der Waals surface area contributed by atoms with Gasteiger partial charge in [0.05, 0.1) is 10.6 Å². The van der Waals surface area contributed by atoms with E-state index in [9.17, 15) is 18.0 Å². The summed E-state index contributed by atoms with van der Waals surface area (Å²) in [5.41, 5.74) is 1.01. The Labute approximate surface area is 228 Å². The highest BCUT2D eigenvalue weighted by Crippen LogP contribution is 2.26. The predicted molar refractivity (Wildman–Crippen MR) is 147 cm³/mol. The molecule has 0 radical (unpaired) electrons. The molecule has 0 aromatic heterocycles.